The fourth-order valence-corrected chi connectivity index (χ4v) is 14.6. The van der Waals surface area contributed by atoms with Crippen molar-refractivity contribution in [3.8, 4) is 0 Å². The molecule has 2 saturated heterocycles. The molecule has 109 heavy (non-hydrogen) atoms. The van der Waals surface area contributed by atoms with Crippen molar-refractivity contribution in [3.05, 3.63) is 69.7 Å². The van der Waals surface area contributed by atoms with E-state index >= 15 is 43.2 Å². The van der Waals surface area contributed by atoms with Crippen LogP contribution in [0.2, 0.25) is 10.0 Å². The van der Waals surface area contributed by atoms with Gasteiger partial charge in [0.25, 0.3) is 0 Å². The molecule has 610 valence electrons. The van der Waals surface area contributed by atoms with Crippen LogP contribution in [0.4, 0.5) is 0 Å². The third-order valence-electron chi connectivity index (χ3n) is 19.6. The first kappa shape index (κ1) is 93.4. The lowest BCUT2D eigenvalue weighted by Crippen LogP contribution is -2.62. The van der Waals surface area contributed by atoms with E-state index in [9.17, 15) is 32.7 Å². The van der Waals surface area contributed by atoms with Gasteiger partial charge < -0.3 is 66.0 Å². The second-order valence-corrected chi connectivity index (χ2v) is 33.9. The predicted molar refractivity (Wildman–Crippen MR) is 416 cm³/mol. The second-order valence-electron chi connectivity index (χ2n) is 31.3. The monoisotopic (exact) mass is 1590 g/mol. The van der Waals surface area contributed by atoms with Gasteiger partial charge in [0, 0.05) is 84.2 Å². The predicted octanol–water partition coefficient (Wildman–Crippen LogP) is 4.46. The number of aliphatic hydroxyl groups is 1. The molecule has 0 saturated carbocycles. The summed E-state index contributed by atoms with van der Waals surface area (Å²) in [5.74, 6) is -13.0. The molecule has 11 atom stereocenters. The molecule has 4 rings (SSSR count). The molecule has 2 aliphatic heterocycles. The summed E-state index contributed by atoms with van der Waals surface area (Å²) >= 11 is 13.0. The average molecular weight is 1590 g/mol. The normalized spacial score (nSPS) is 24.0. The molecular weight excluding hydrogens is 1470 g/mol. The van der Waals surface area contributed by atoms with Gasteiger partial charge in [-0.3, -0.25) is 67.1 Å². The van der Waals surface area contributed by atoms with Gasteiger partial charge in [0.05, 0.1) is 25.3 Å². The minimum atomic E-state index is -4.15. The number of hydrogen-bond donors (Lipinski definition) is 7. The summed E-state index contributed by atoms with van der Waals surface area (Å²) in [6, 6.07) is -2.04. The highest BCUT2D eigenvalue weighted by molar-refractivity contribution is 7.89. The lowest BCUT2D eigenvalue weighted by Gasteiger charge is -2.38. The van der Waals surface area contributed by atoms with Gasteiger partial charge in [-0.15, -0.1) is 0 Å². The zero-order chi connectivity index (χ0) is 82.2. The summed E-state index contributed by atoms with van der Waals surface area (Å²) in [7, 11) is 2.47. The minimum absolute atomic E-state index is 0.00371. The minimum Gasteiger partial charge on any atom is -0.391 e. The van der Waals surface area contributed by atoms with Crippen LogP contribution < -0.4 is 31.3 Å². The first-order valence-electron chi connectivity index (χ1n) is 38.0. The molecule has 2 aromatic carbocycles. The number of aliphatic hydroxyl groups excluding tert-OH is 1. The number of piperidine rings is 1. The highest BCUT2D eigenvalue weighted by Gasteiger charge is 2.44. The summed E-state index contributed by atoms with van der Waals surface area (Å²) < 4.78 is 26.5. The van der Waals surface area contributed by atoms with Crippen molar-refractivity contribution in [1.82, 2.24) is 65.6 Å². The highest BCUT2D eigenvalue weighted by Crippen LogP contribution is 2.25. The smallest absolute Gasteiger partial charge is 0.248 e. The third-order valence-corrected chi connectivity index (χ3v) is 20.6. The van der Waals surface area contributed by atoms with Crippen LogP contribution in [0.5, 0.6) is 0 Å². The zero-order valence-electron chi connectivity index (χ0n) is 66.9. The molecule has 0 bridgehead atoms. The van der Waals surface area contributed by atoms with Crippen LogP contribution in [0.3, 0.4) is 0 Å². The summed E-state index contributed by atoms with van der Waals surface area (Å²) in [6.07, 6.45) is -0.473. The molecule has 0 radical (unpaired) electrons. The Morgan fingerprint density at radius 2 is 1.01 bits per heavy atom. The van der Waals surface area contributed by atoms with E-state index in [-0.39, 0.29) is 86.9 Å². The average Bonchev–Trinajstić information content (AvgIpc) is 0.805. The standard InChI is InChI=1S/C77H121Cl2N13O16S/c1-19-20-32-92-44-65(96)86(13)59(37-47(6)7)68(97)81-55(30-31-63(94)85-109(18,107)108)72(101)89(16)62(42-52-27-25-29-54(79)40-52)76(105)90(17)67(49(10)11)71(100)83-58(75(104)91-33-22-21-23-34-91)43-64(95)80-56(35-45(2)3)73(102)88(15)61(41-51-26-24-28-53(78)39-51)69(98)82-57(36-46(4)5)74(103)87(14)60(38-48(8)9)70(99)84-66(50(12)93)77(92)106/h24-29,39-40,45-50,55-62,66-67,93H,19-23,30-38,41-44H2,1-18H3,(H,80,95)(H,81,97)(H,82,98)(H,83,100)(H,84,99)(H,85,94)/t50-,55+,56-,57+,58+,59+,60+,61+,62+,66+,67+/m1/s1. The summed E-state index contributed by atoms with van der Waals surface area (Å²) in [5.41, 5.74) is 0.934. The van der Waals surface area contributed by atoms with Gasteiger partial charge in [0.2, 0.25) is 86.8 Å². The lowest BCUT2D eigenvalue weighted by molar-refractivity contribution is -0.151. The van der Waals surface area contributed by atoms with Crippen molar-refractivity contribution in [3.63, 3.8) is 0 Å². The van der Waals surface area contributed by atoms with E-state index in [1.54, 1.807) is 90.1 Å². The van der Waals surface area contributed by atoms with Crippen LogP contribution in [0, 0.1) is 29.6 Å². The molecule has 32 heteroatoms. The number of likely N-dealkylation sites (N-methyl/N-ethyl adjacent to an activating group) is 5. The molecule has 0 aromatic heterocycles. The Morgan fingerprint density at radius 1 is 0.550 bits per heavy atom. The number of halogens is 2. The van der Waals surface area contributed by atoms with Crippen LogP contribution >= 0.6 is 23.2 Å². The van der Waals surface area contributed by atoms with Crippen molar-refractivity contribution in [1.29, 1.82) is 0 Å². The number of unbranched alkanes of at least 4 members (excludes halogenated alkanes) is 1. The number of carbonyl (C=O) groups excluding carboxylic acids is 13. The largest absolute Gasteiger partial charge is 0.391 e. The topological polar surface area (TPSA) is 371 Å². The number of sulfonamides is 1. The molecule has 0 unspecified atom stereocenters. The van der Waals surface area contributed by atoms with Gasteiger partial charge in [-0.25, -0.2) is 8.42 Å². The van der Waals surface area contributed by atoms with Crippen LogP contribution in [0.15, 0.2) is 48.5 Å². The molecule has 13 amide bonds. The van der Waals surface area contributed by atoms with Crippen molar-refractivity contribution >= 4 is 110 Å². The number of carbonyl (C=O) groups is 13. The zero-order valence-corrected chi connectivity index (χ0v) is 69.3. The van der Waals surface area contributed by atoms with Crippen molar-refractivity contribution in [2.45, 2.75) is 239 Å². The Balaban J connectivity index is 2.07. The SMILES string of the molecule is CCCCN1CC(=O)N(C)[C@@H](CC(C)C)C(=O)N[C@@H](CCC(=O)NS(C)(=O)=O)C(=O)N(C)[C@@H](Cc2cccc(Cl)c2)C(=O)N(C)[C@@H](C(C)C)C(=O)N[C@H](C(=O)N2CCCCC2)CC(=O)N[C@H](CC(C)C)C(=O)N(C)[C@@H](Cc2cccc(Cl)c2)C(=O)N[C@@H](CC(C)C)C(=O)N(C)[C@@H](CC(C)C)C(=O)N[C@@H]([C@@H](C)O)C1=O. The number of benzene rings is 2. The van der Waals surface area contributed by atoms with Crippen LogP contribution in [-0.2, 0) is 85.2 Å². The Labute approximate surface area is 654 Å². The molecule has 0 aliphatic carbocycles. The van der Waals surface area contributed by atoms with Gasteiger partial charge in [-0.2, -0.15) is 0 Å². The number of nitrogens with zero attached hydrogens (tertiary/aromatic N) is 7. The summed E-state index contributed by atoms with van der Waals surface area (Å²) in [6.45, 7) is 20.5. The maximum atomic E-state index is 15.7. The fourth-order valence-electron chi connectivity index (χ4n) is 13.7. The number of likely N-dealkylation sites (tertiary alicyclic amines) is 1. The van der Waals surface area contributed by atoms with Crippen LogP contribution in [0.1, 0.15) is 171 Å². The maximum absolute atomic E-state index is 15.7. The quantitative estimate of drug-likeness (QED) is 0.0855. The fraction of sp³-hybridized carbons (Fsp3) is 0.675. The van der Waals surface area contributed by atoms with Crippen LogP contribution in [-0.4, -0.2) is 259 Å². The number of nitrogens with one attached hydrogen (secondary N) is 6. The Kier molecular flexibility index (Phi) is 37.4. The number of hydrogen-bond acceptors (Lipinski definition) is 16. The number of rotatable bonds is 22. The maximum Gasteiger partial charge on any atom is 0.248 e. The molecular formula is C77H121Cl2N13O16S. The van der Waals surface area contributed by atoms with Gasteiger partial charge in [0.15, 0.2) is 0 Å². The first-order valence-corrected chi connectivity index (χ1v) is 40.6. The van der Waals surface area contributed by atoms with E-state index in [0.717, 1.165) is 42.1 Å². The molecule has 2 aliphatic rings. The van der Waals surface area contributed by atoms with Crippen LogP contribution in [0.25, 0.3) is 0 Å². The third kappa shape index (κ3) is 29.0. The van der Waals surface area contributed by atoms with E-state index in [0.29, 0.717) is 41.8 Å². The molecule has 2 fully saturated rings. The molecule has 29 nitrogen and oxygen atoms in total. The van der Waals surface area contributed by atoms with Gasteiger partial charge in [0.1, 0.15) is 60.4 Å². The Hall–Kier alpha value is -7.96. The van der Waals surface area contributed by atoms with E-state index in [2.05, 4.69) is 26.6 Å². The highest BCUT2D eigenvalue weighted by atomic mass is 35.5. The van der Waals surface area contributed by atoms with Gasteiger partial charge in [-0.05, 0) is 130 Å². The van der Waals surface area contributed by atoms with Crippen molar-refractivity contribution in [2.24, 2.45) is 29.6 Å². The van der Waals surface area contributed by atoms with E-state index in [4.69, 9.17) is 23.2 Å². The molecule has 7 N–H and O–H groups in total. The van der Waals surface area contributed by atoms with E-state index in [1.165, 1.54) is 47.1 Å². The Morgan fingerprint density at radius 3 is 1.50 bits per heavy atom. The lowest BCUT2D eigenvalue weighted by atomic mass is 9.96. The molecule has 2 aromatic rings. The van der Waals surface area contributed by atoms with Crippen molar-refractivity contribution in [2.75, 3.05) is 67.7 Å². The molecule has 2 heterocycles. The summed E-state index contributed by atoms with van der Waals surface area (Å²) in [4.78, 5) is 204. The van der Waals surface area contributed by atoms with E-state index in [1.807, 2.05) is 39.3 Å². The second kappa shape index (κ2) is 43.6. The van der Waals surface area contributed by atoms with Gasteiger partial charge >= 0.3 is 0 Å². The van der Waals surface area contributed by atoms with E-state index < -0.39 is 185 Å². The summed E-state index contributed by atoms with van der Waals surface area (Å²) in [5, 5.41) is 25.9. The first-order chi connectivity index (χ1) is 50.9. The van der Waals surface area contributed by atoms with Crippen molar-refractivity contribution < 1.29 is 75.9 Å². The van der Waals surface area contributed by atoms with Gasteiger partial charge in [-0.1, -0.05) is 130 Å². The Bertz CT molecular complexity index is 3610. The molecule has 0 spiro atoms. The number of amides is 13.